The summed E-state index contributed by atoms with van der Waals surface area (Å²) >= 11 is 0. The summed E-state index contributed by atoms with van der Waals surface area (Å²) in [6.07, 6.45) is 1.14. The summed E-state index contributed by atoms with van der Waals surface area (Å²) in [7, 11) is 0. The zero-order valence-electron chi connectivity index (χ0n) is 10.6. The third kappa shape index (κ3) is 4.37. The van der Waals surface area contributed by atoms with Gasteiger partial charge in [-0.15, -0.1) is 0 Å². The average Bonchev–Trinajstić information content (AvgIpc) is 2.05. The number of nitrogens with one attached hydrogen (secondary N) is 1. The minimum atomic E-state index is 0.132. The molecule has 0 fully saturated rings. The second-order valence-corrected chi connectivity index (χ2v) is 5.63. The van der Waals surface area contributed by atoms with Crippen molar-refractivity contribution in [1.82, 2.24) is 0 Å². The van der Waals surface area contributed by atoms with E-state index in [1.807, 2.05) is 0 Å². The molecule has 1 heteroatoms. The van der Waals surface area contributed by atoms with Gasteiger partial charge in [0.2, 0.25) is 0 Å². The molecule has 0 atom stereocenters. The fourth-order valence-corrected chi connectivity index (χ4v) is 1.66. The summed E-state index contributed by atoms with van der Waals surface area (Å²) in [6.45, 7) is 11.1. The highest BCUT2D eigenvalue weighted by molar-refractivity contribution is 5.52. The first-order valence-corrected chi connectivity index (χ1v) is 5.74. The van der Waals surface area contributed by atoms with Gasteiger partial charge in [-0.3, -0.25) is 0 Å². The number of benzene rings is 1. The SMILES string of the molecule is CC(C)Cc1ccccc1NC(C)(C)C. The van der Waals surface area contributed by atoms with Gasteiger partial charge in [-0.2, -0.15) is 0 Å². The van der Waals surface area contributed by atoms with Gasteiger partial charge >= 0.3 is 0 Å². The van der Waals surface area contributed by atoms with E-state index in [0.29, 0.717) is 5.92 Å². The molecular weight excluding hydrogens is 182 g/mol. The van der Waals surface area contributed by atoms with Crippen LogP contribution in [0.4, 0.5) is 5.69 Å². The molecule has 1 N–H and O–H groups in total. The number of anilines is 1. The highest BCUT2D eigenvalue weighted by Gasteiger charge is 2.12. The largest absolute Gasteiger partial charge is 0.380 e. The van der Waals surface area contributed by atoms with Crippen molar-refractivity contribution in [2.75, 3.05) is 5.32 Å². The monoisotopic (exact) mass is 205 g/mol. The van der Waals surface area contributed by atoms with Crippen molar-refractivity contribution in [3.63, 3.8) is 0 Å². The Morgan fingerprint density at radius 1 is 1.13 bits per heavy atom. The minimum Gasteiger partial charge on any atom is -0.380 e. The van der Waals surface area contributed by atoms with E-state index < -0.39 is 0 Å². The molecule has 0 unspecified atom stereocenters. The molecule has 0 aliphatic rings. The molecule has 0 amide bonds. The maximum absolute atomic E-state index is 3.56. The molecule has 1 aromatic carbocycles. The van der Waals surface area contributed by atoms with Crippen LogP contribution in [0.25, 0.3) is 0 Å². The fourth-order valence-electron chi connectivity index (χ4n) is 1.66. The molecule has 0 spiro atoms. The quantitative estimate of drug-likeness (QED) is 0.783. The van der Waals surface area contributed by atoms with Gasteiger partial charge in [0.1, 0.15) is 0 Å². The van der Waals surface area contributed by atoms with Crippen LogP contribution in [0.2, 0.25) is 0 Å². The average molecular weight is 205 g/mol. The van der Waals surface area contributed by atoms with Gasteiger partial charge in [-0.05, 0) is 44.7 Å². The van der Waals surface area contributed by atoms with Crippen molar-refractivity contribution in [2.24, 2.45) is 5.92 Å². The summed E-state index contributed by atoms with van der Waals surface area (Å²) in [5.74, 6) is 0.702. The Balaban J connectivity index is 2.86. The van der Waals surface area contributed by atoms with Gasteiger partial charge in [-0.25, -0.2) is 0 Å². The summed E-state index contributed by atoms with van der Waals surface area (Å²) in [6, 6.07) is 8.60. The smallest absolute Gasteiger partial charge is 0.0376 e. The lowest BCUT2D eigenvalue weighted by atomic mass is 9.99. The first-order chi connectivity index (χ1) is 6.88. The van der Waals surface area contributed by atoms with Crippen LogP contribution in [0.1, 0.15) is 40.2 Å². The Morgan fingerprint density at radius 3 is 2.27 bits per heavy atom. The van der Waals surface area contributed by atoms with Gasteiger partial charge in [0.05, 0.1) is 0 Å². The molecule has 0 saturated carbocycles. The van der Waals surface area contributed by atoms with Crippen LogP contribution >= 0.6 is 0 Å². The highest BCUT2D eigenvalue weighted by atomic mass is 15.0. The predicted octanol–water partition coefficient (Wildman–Crippen LogP) is 4.10. The van der Waals surface area contributed by atoms with Crippen molar-refractivity contribution < 1.29 is 0 Å². The molecule has 0 heterocycles. The summed E-state index contributed by atoms with van der Waals surface area (Å²) in [4.78, 5) is 0. The number of hydrogen-bond acceptors (Lipinski definition) is 1. The molecule has 0 aliphatic heterocycles. The van der Waals surface area contributed by atoms with Gasteiger partial charge in [0.15, 0.2) is 0 Å². The van der Waals surface area contributed by atoms with Gasteiger partial charge < -0.3 is 5.32 Å². The maximum Gasteiger partial charge on any atom is 0.0376 e. The molecule has 0 aromatic heterocycles. The lowest BCUT2D eigenvalue weighted by molar-refractivity contribution is 0.622. The van der Waals surface area contributed by atoms with Crippen molar-refractivity contribution in [2.45, 2.75) is 46.6 Å². The Kier molecular flexibility index (Phi) is 3.78. The van der Waals surface area contributed by atoms with Crippen LogP contribution in [0, 0.1) is 5.92 Å². The summed E-state index contributed by atoms with van der Waals surface area (Å²) in [5, 5.41) is 3.56. The van der Waals surface area contributed by atoms with Crippen LogP contribution in [0.15, 0.2) is 24.3 Å². The van der Waals surface area contributed by atoms with E-state index in [1.165, 1.54) is 11.3 Å². The van der Waals surface area contributed by atoms with Gasteiger partial charge in [-0.1, -0.05) is 32.0 Å². The van der Waals surface area contributed by atoms with Crippen LogP contribution in [-0.2, 0) is 6.42 Å². The van der Waals surface area contributed by atoms with Crippen molar-refractivity contribution in [3.05, 3.63) is 29.8 Å². The second-order valence-electron chi connectivity index (χ2n) is 5.63. The number of para-hydroxylation sites is 1. The molecule has 1 rings (SSSR count). The van der Waals surface area contributed by atoms with E-state index >= 15 is 0 Å². The van der Waals surface area contributed by atoms with Crippen LogP contribution < -0.4 is 5.32 Å². The van der Waals surface area contributed by atoms with E-state index in [4.69, 9.17) is 0 Å². The normalized spacial score (nSPS) is 11.9. The van der Waals surface area contributed by atoms with Crippen molar-refractivity contribution >= 4 is 5.69 Å². The molecule has 15 heavy (non-hydrogen) atoms. The first-order valence-electron chi connectivity index (χ1n) is 5.74. The molecular formula is C14H23N. The molecule has 84 valence electrons. The van der Waals surface area contributed by atoms with E-state index in [-0.39, 0.29) is 5.54 Å². The highest BCUT2D eigenvalue weighted by Crippen LogP contribution is 2.22. The van der Waals surface area contributed by atoms with Crippen LogP contribution in [0.5, 0.6) is 0 Å². The van der Waals surface area contributed by atoms with Crippen LogP contribution in [-0.4, -0.2) is 5.54 Å². The summed E-state index contributed by atoms with van der Waals surface area (Å²) < 4.78 is 0. The zero-order chi connectivity index (χ0) is 11.5. The number of rotatable bonds is 3. The lowest BCUT2D eigenvalue weighted by Crippen LogP contribution is -2.26. The predicted molar refractivity (Wildman–Crippen MR) is 68.4 cm³/mol. The minimum absolute atomic E-state index is 0.132. The van der Waals surface area contributed by atoms with Crippen molar-refractivity contribution in [1.29, 1.82) is 0 Å². The van der Waals surface area contributed by atoms with E-state index in [0.717, 1.165) is 6.42 Å². The number of hydrogen-bond donors (Lipinski definition) is 1. The van der Waals surface area contributed by atoms with E-state index in [9.17, 15) is 0 Å². The van der Waals surface area contributed by atoms with Gasteiger partial charge in [0.25, 0.3) is 0 Å². The molecule has 0 bridgehead atoms. The molecule has 0 saturated heterocycles. The third-order valence-corrected chi connectivity index (χ3v) is 2.16. The lowest BCUT2D eigenvalue weighted by Gasteiger charge is -2.24. The van der Waals surface area contributed by atoms with E-state index in [2.05, 4.69) is 64.2 Å². The van der Waals surface area contributed by atoms with Crippen molar-refractivity contribution in [3.8, 4) is 0 Å². The molecule has 0 aliphatic carbocycles. The maximum atomic E-state index is 3.56. The Morgan fingerprint density at radius 2 is 1.73 bits per heavy atom. The second kappa shape index (κ2) is 4.69. The Labute approximate surface area is 93.9 Å². The molecule has 1 aromatic rings. The zero-order valence-corrected chi connectivity index (χ0v) is 10.6. The van der Waals surface area contributed by atoms with Gasteiger partial charge in [0, 0.05) is 11.2 Å². The van der Waals surface area contributed by atoms with Crippen LogP contribution in [0.3, 0.4) is 0 Å². The third-order valence-electron chi connectivity index (χ3n) is 2.16. The Bertz CT molecular complexity index is 307. The Hall–Kier alpha value is -0.980. The standard InChI is InChI=1S/C14H23N/c1-11(2)10-12-8-6-7-9-13(12)15-14(3,4)5/h6-9,11,15H,10H2,1-5H3. The molecule has 1 nitrogen and oxygen atoms in total. The first kappa shape index (κ1) is 12.1. The molecule has 0 radical (unpaired) electrons. The topological polar surface area (TPSA) is 12.0 Å². The fraction of sp³-hybridized carbons (Fsp3) is 0.571. The summed E-state index contributed by atoms with van der Waals surface area (Å²) in [5.41, 5.74) is 2.83. The van der Waals surface area contributed by atoms with E-state index in [1.54, 1.807) is 0 Å².